The van der Waals surface area contributed by atoms with Gasteiger partial charge in [0.2, 0.25) is 0 Å². The molecule has 8 heteroatoms. The van der Waals surface area contributed by atoms with E-state index in [1.165, 1.54) is 25.4 Å². The van der Waals surface area contributed by atoms with Crippen LogP contribution in [-0.2, 0) is 6.18 Å². The molecule has 0 radical (unpaired) electrons. The number of amides is 1. The Hall–Kier alpha value is -1.79. The number of hydrogen-bond acceptors (Lipinski definition) is 2. The highest BCUT2D eigenvalue weighted by molar-refractivity contribution is 6.34. The molecule has 1 heterocycles. The van der Waals surface area contributed by atoms with Crippen molar-refractivity contribution in [2.45, 2.75) is 13.1 Å². The molecular formula is C14H9Cl2F3N2O. The van der Waals surface area contributed by atoms with Crippen LogP contribution in [-0.4, -0.2) is 10.9 Å². The van der Waals surface area contributed by atoms with Crippen LogP contribution >= 0.6 is 23.2 Å². The Labute approximate surface area is 134 Å². The van der Waals surface area contributed by atoms with Crippen molar-refractivity contribution in [1.29, 1.82) is 0 Å². The molecule has 1 N–H and O–H groups in total. The molecule has 22 heavy (non-hydrogen) atoms. The van der Waals surface area contributed by atoms with Gasteiger partial charge in [0.1, 0.15) is 0 Å². The van der Waals surface area contributed by atoms with Crippen molar-refractivity contribution in [3.63, 3.8) is 0 Å². The van der Waals surface area contributed by atoms with E-state index in [-0.39, 0.29) is 21.8 Å². The van der Waals surface area contributed by atoms with Gasteiger partial charge in [-0.25, -0.2) is 0 Å². The highest BCUT2D eigenvalue weighted by atomic mass is 35.5. The normalized spacial score (nSPS) is 11.4. The largest absolute Gasteiger partial charge is 0.417 e. The van der Waals surface area contributed by atoms with Crippen molar-refractivity contribution in [3.05, 3.63) is 57.3 Å². The van der Waals surface area contributed by atoms with Crippen LogP contribution in [0.2, 0.25) is 10.0 Å². The number of hydrogen-bond donors (Lipinski definition) is 1. The molecule has 0 unspecified atom stereocenters. The van der Waals surface area contributed by atoms with Gasteiger partial charge in [-0.15, -0.1) is 0 Å². The number of nitrogens with one attached hydrogen (secondary N) is 1. The van der Waals surface area contributed by atoms with E-state index in [1.54, 1.807) is 0 Å². The molecule has 3 nitrogen and oxygen atoms in total. The first-order chi connectivity index (χ1) is 10.2. The Morgan fingerprint density at radius 3 is 2.50 bits per heavy atom. The van der Waals surface area contributed by atoms with Crippen molar-refractivity contribution < 1.29 is 18.0 Å². The molecule has 2 rings (SSSR count). The number of carbonyl (C=O) groups is 1. The standard InChI is InChI=1S/C14H9Cl2F3N2O/c1-7-4-9(14(17,18)19)10(15)5-12(7)21-13(22)8-2-3-20-6-11(8)16/h2-6H,1H3,(H,21,22). The lowest BCUT2D eigenvalue weighted by molar-refractivity contribution is -0.137. The van der Waals surface area contributed by atoms with Crippen LogP contribution in [0.15, 0.2) is 30.6 Å². The summed E-state index contributed by atoms with van der Waals surface area (Å²) < 4.78 is 38.2. The number of aromatic nitrogens is 1. The molecule has 0 atom stereocenters. The van der Waals surface area contributed by atoms with Gasteiger partial charge in [0, 0.05) is 18.1 Å². The van der Waals surface area contributed by atoms with E-state index in [9.17, 15) is 18.0 Å². The predicted molar refractivity (Wildman–Crippen MR) is 78.4 cm³/mol. The minimum Gasteiger partial charge on any atom is -0.322 e. The second-order valence-electron chi connectivity index (χ2n) is 4.45. The summed E-state index contributed by atoms with van der Waals surface area (Å²) in [5.41, 5.74) is -0.384. The minimum atomic E-state index is -4.56. The lowest BCUT2D eigenvalue weighted by Gasteiger charge is -2.14. The average molecular weight is 349 g/mol. The van der Waals surface area contributed by atoms with Crippen LogP contribution in [0.4, 0.5) is 18.9 Å². The topological polar surface area (TPSA) is 42.0 Å². The molecular weight excluding hydrogens is 340 g/mol. The Kier molecular flexibility index (Phi) is 4.63. The van der Waals surface area contributed by atoms with E-state index < -0.39 is 22.7 Å². The highest BCUT2D eigenvalue weighted by Gasteiger charge is 2.33. The monoisotopic (exact) mass is 348 g/mol. The molecule has 0 saturated carbocycles. The van der Waals surface area contributed by atoms with E-state index in [0.717, 1.165) is 12.1 Å². The maximum atomic E-state index is 12.7. The van der Waals surface area contributed by atoms with Crippen molar-refractivity contribution in [3.8, 4) is 0 Å². The van der Waals surface area contributed by atoms with Crippen LogP contribution < -0.4 is 5.32 Å². The molecule has 0 aliphatic heterocycles. The predicted octanol–water partition coefficient (Wildman–Crippen LogP) is 4.97. The summed E-state index contributed by atoms with van der Waals surface area (Å²) in [4.78, 5) is 15.8. The third-order valence-corrected chi connectivity index (χ3v) is 3.50. The van der Waals surface area contributed by atoms with Crippen LogP contribution in [0.25, 0.3) is 0 Å². The molecule has 0 spiro atoms. The van der Waals surface area contributed by atoms with Gasteiger partial charge in [0.05, 0.1) is 21.2 Å². The summed E-state index contributed by atoms with van der Waals surface area (Å²) in [5.74, 6) is -0.564. The molecule has 1 aromatic carbocycles. The SMILES string of the molecule is Cc1cc(C(F)(F)F)c(Cl)cc1NC(=O)c1ccncc1Cl. The lowest BCUT2D eigenvalue weighted by Crippen LogP contribution is -2.14. The fourth-order valence-electron chi connectivity index (χ4n) is 1.78. The zero-order valence-corrected chi connectivity index (χ0v) is 12.6. The van der Waals surface area contributed by atoms with Gasteiger partial charge in [-0.1, -0.05) is 23.2 Å². The second kappa shape index (κ2) is 6.14. The Morgan fingerprint density at radius 2 is 1.91 bits per heavy atom. The van der Waals surface area contributed by atoms with Crippen molar-refractivity contribution in [1.82, 2.24) is 4.98 Å². The molecule has 1 amide bonds. The molecule has 2 aromatic rings. The number of alkyl halides is 3. The highest BCUT2D eigenvalue weighted by Crippen LogP contribution is 2.37. The van der Waals surface area contributed by atoms with Crippen LogP contribution in [0, 0.1) is 6.92 Å². The molecule has 0 bridgehead atoms. The number of halogens is 5. The van der Waals surface area contributed by atoms with Crippen LogP contribution in [0.3, 0.4) is 0 Å². The summed E-state index contributed by atoms with van der Waals surface area (Å²) in [6.07, 6.45) is -1.88. The van der Waals surface area contributed by atoms with Gasteiger partial charge >= 0.3 is 6.18 Å². The first-order valence-corrected chi connectivity index (χ1v) is 6.74. The average Bonchev–Trinajstić information content (AvgIpc) is 2.41. The van der Waals surface area contributed by atoms with Crippen LogP contribution in [0.1, 0.15) is 21.5 Å². The van der Waals surface area contributed by atoms with E-state index in [1.807, 2.05) is 0 Å². The number of pyridine rings is 1. The first-order valence-electron chi connectivity index (χ1n) is 5.98. The first kappa shape index (κ1) is 16.6. The van der Waals surface area contributed by atoms with E-state index in [0.29, 0.717) is 0 Å². The summed E-state index contributed by atoms with van der Waals surface area (Å²) in [7, 11) is 0. The number of carbonyl (C=O) groups excluding carboxylic acids is 1. The smallest absolute Gasteiger partial charge is 0.322 e. The maximum Gasteiger partial charge on any atom is 0.417 e. The van der Waals surface area contributed by atoms with Gasteiger partial charge in [-0.3, -0.25) is 9.78 Å². The molecule has 0 aliphatic rings. The number of rotatable bonds is 2. The third-order valence-electron chi connectivity index (χ3n) is 2.88. The number of nitrogens with zero attached hydrogens (tertiary/aromatic N) is 1. The van der Waals surface area contributed by atoms with Gasteiger partial charge in [0.15, 0.2) is 0 Å². The van der Waals surface area contributed by atoms with Gasteiger partial charge in [0.25, 0.3) is 5.91 Å². The quantitative estimate of drug-likeness (QED) is 0.832. The number of benzene rings is 1. The Morgan fingerprint density at radius 1 is 1.23 bits per heavy atom. The third kappa shape index (κ3) is 3.51. The fourth-order valence-corrected chi connectivity index (χ4v) is 2.26. The van der Waals surface area contributed by atoms with Crippen LogP contribution in [0.5, 0.6) is 0 Å². The fraction of sp³-hybridized carbons (Fsp3) is 0.143. The molecule has 0 saturated heterocycles. The summed E-state index contributed by atoms with van der Waals surface area (Å²) in [6.45, 7) is 1.44. The van der Waals surface area contributed by atoms with Gasteiger partial charge in [-0.2, -0.15) is 13.2 Å². The second-order valence-corrected chi connectivity index (χ2v) is 5.27. The molecule has 0 aliphatic carbocycles. The van der Waals surface area contributed by atoms with E-state index >= 15 is 0 Å². The molecule has 1 aromatic heterocycles. The van der Waals surface area contributed by atoms with Gasteiger partial charge < -0.3 is 5.32 Å². The summed E-state index contributed by atoms with van der Waals surface area (Å²) in [5, 5.41) is 2.13. The van der Waals surface area contributed by atoms with E-state index in [4.69, 9.17) is 23.2 Å². The zero-order chi connectivity index (χ0) is 16.5. The molecule has 0 fully saturated rings. The minimum absolute atomic E-state index is 0.135. The maximum absolute atomic E-state index is 12.7. The Bertz CT molecular complexity index is 733. The summed E-state index contributed by atoms with van der Waals surface area (Å²) >= 11 is 11.5. The number of aryl methyl sites for hydroxylation is 1. The van der Waals surface area contributed by atoms with Crippen molar-refractivity contribution >= 4 is 34.8 Å². The van der Waals surface area contributed by atoms with Gasteiger partial charge in [-0.05, 0) is 30.7 Å². The lowest BCUT2D eigenvalue weighted by atomic mass is 10.1. The zero-order valence-electron chi connectivity index (χ0n) is 11.1. The molecule has 116 valence electrons. The Balaban J connectivity index is 2.33. The van der Waals surface area contributed by atoms with E-state index in [2.05, 4.69) is 10.3 Å². The van der Waals surface area contributed by atoms with Crippen molar-refractivity contribution in [2.75, 3.05) is 5.32 Å². The number of anilines is 1. The summed E-state index contributed by atoms with van der Waals surface area (Å²) in [6, 6.07) is 3.34. The van der Waals surface area contributed by atoms with Crippen molar-refractivity contribution in [2.24, 2.45) is 0 Å².